The van der Waals surface area contributed by atoms with E-state index in [1.807, 2.05) is 17.5 Å². The molecule has 0 bridgehead atoms. The highest BCUT2D eigenvalue weighted by Crippen LogP contribution is 2.31. The molecule has 130 valence electrons. The monoisotopic (exact) mass is 413 g/mol. The Morgan fingerprint density at radius 1 is 1.32 bits per heavy atom. The minimum Gasteiger partial charge on any atom is -0.338 e. The van der Waals surface area contributed by atoms with Crippen LogP contribution in [0.5, 0.6) is 0 Å². The van der Waals surface area contributed by atoms with Gasteiger partial charge in [0.05, 0.1) is 31.6 Å². The summed E-state index contributed by atoms with van der Waals surface area (Å²) in [4.78, 5) is 17.6. The van der Waals surface area contributed by atoms with Gasteiger partial charge in [-0.1, -0.05) is 40.5 Å². The molecule has 0 aliphatic rings. The number of thioether (sulfide) groups is 1. The molecular formula is C16H13Cl2N3O2S2. The van der Waals surface area contributed by atoms with E-state index in [-0.39, 0.29) is 11.2 Å². The lowest BCUT2D eigenvalue weighted by Crippen LogP contribution is -2.23. The van der Waals surface area contributed by atoms with Gasteiger partial charge in [0.1, 0.15) is 0 Å². The van der Waals surface area contributed by atoms with E-state index < -0.39 is 0 Å². The van der Waals surface area contributed by atoms with Crippen LogP contribution in [0.15, 0.2) is 40.2 Å². The molecule has 1 unspecified atom stereocenters. The van der Waals surface area contributed by atoms with Gasteiger partial charge in [0.15, 0.2) is 0 Å². The van der Waals surface area contributed by atoms with E-state index in [0.717, 1.165) is 4.88 Å². The van der Waals surface area contributed by atoms with Crippen LogP contribution in [0, 0.1) is 0 Å². The predicted molar refractivity (Wildman–Crippen MR) is 103 cm³/mol. The first kappa shape index (κ1) is 18.3. The molecule has 2 aromatic heterocycles. The zero-order valence-electron chi connectivity index (χ0n) is 13.0. The second-order valence-corrected chi connectivity index (χ2v) is 8.12. The van der Waals surface area contributed by atoms with Crippen molar-refractivity contribution in [3.8, 4) is 10.7 Å². The highest BCUT2D eigenvalue weighted by Gasteiger charge is 2.18. The summed E-state index contributed by atoms with van der Waals surface area (Å²) < 4.78 is 5.23. The molecule has 1 aromatic carbocycles. The molecule has 25 heavy (non-hydrogen) atoms. The number of benzene rings is 1. The maximum Gasteiger partial charge on any atom is 0.237 e. The number of anilines is 1. The van der Waals surface area contributed by atoms with E-state index in [0.29, 0.717) is 33.2 Å². The van der Waals surface area contributed by atoms with Gasteiger partial charge in [0.25, 0.3) is 0 Å². The smallest absolute Gasteiger partial charge is 0.237 e. The third kappa shape index (κ3) is 4.55. The Hall–Kier alpha value is -1.54. The van der Waals surface area contributed by atoms with Crippen molar-refractivity contribution < 1.29 is 9.32 Å². The topological polar surface area (TPSA) is 68.0 Å². The molecule has 0 fully saturated rings. The van der Waals surface area contributed by atoms with E-state index in [1.165, 1.54) is 11.8 Å². The zero-order valence-corrected chi connectivity index (χ0v) is 16.2. The standard InChI is InChI=1S/C16H13Cl2N3O2S2/c1-9(16(22)20-14-10(17)4-2-5-11(14)18)25-8-13-19-15(21-23-13)12-6-3-7-24-12/h2-7,9H,8H2,1H3,(H,20,22). The van der Waals surface area contributed by atoms with Gasteiger partial charge < -0.3 is 9.84 Å². The third-order valence-electron chi connectivity index (χ3n) is 3.25. The fourth-order valence-electron chi connectivity index (χ4n) is 1.93. The average Bonchev–Trinajstić information content (AvgIpc) is 3.26. The number of aromatic nitrogens is 2. The summed E-state index contributed by atoms with van der Waals surface area (Å²) in [5.74, 6) is 1.27. The van der Waals surface area contributed by atoms with E-state index in [2.05, 4.69) is 15.5 Å². The van der Waals surface area contributed by atoms with Crippen LogP contribution in [0.25, 0.3) is 10.7 Å². The first-order valence-corrected chi connectivity index (χ1v) is 9.96. The molecule has 3 aromatic rings. The van der Waals surface area contributed by atoms with Crippen LogP contribution in [0.4, 0.5) is 5.69 Å². The third-order valence-corrected chi connectivity index (χ3v) is 5.87. The van der Waals surface area contributed by atoms with Crippen molar-refractivity contribution in [2.45, 2.75) is 17.9 Å². The summed E-state index contributed by atoms with van der Waals surface area (Å²) in [7, 11) is 0. The number of thiophene rings is 1. The van der Waals surface area contributed by atoms with Crippen molar-refractivity contribution in [2.24, 2.45) is 0 Å². The van der Waals surface area contributed by atoms with E-state index in [4.69, 9.17) is 27.7 Å². The maximum absolute atomic E-state index is 12.3. The Morgan fingerprint density at radius 3 is 2.76 bits per heavy atom. The summed E-state index contributed by atoms with van der Waals surface area (Å²) >= 11 is 15.1. The van der Waals surface area contributed by atoms with Crippen LogP contribution in [0.1, 0.15) is 12.8 Å². The van der Waals surface area contributed by atoms with E-state index in [9.17, 15) is 4.79 Å². The number of amides is 1. The number of rotatable bonds is 6. The SMILES string of the molecule is CC(SCc1nc(-c2cccs2)no1)C(=O)Nc1c(Cl)cccc1Cl. The molecule has 0 spiro atoms. The number of halogens is 2. The predicted octanol–water partition coefficient (Wildman–Crippen LogP) is 5.37. The number of nitrogens with one attached hydrogen (secondary N) is 1. The van der Waals surface area contributed by atoms with Gasteiger partial charge in [-0.2, -0.15) is 4.98 Å². The minimum absolute atomic E-state index is 0.196. The molecule has 5 nitrogen and oxygen atoms in total. The zero-order chi connectivity index (χ0) is 17.8. The lowest BCUT2D eigenvalue weighted by Gasteiger charge is -2.13. The average molecular weight is 414 g/mol. The van der Waals surface area contributed by atoms with Gasteiger partial charge in [-0.15, -0.1) is 23.1 Å². The molecule has 9 heteroatoms. The fourth-order valence-corrected chi connectivity index (χ4v) is 3.79. The molecule has 1 atom stereocenters. The lowest BCUT2D eigenvalue weighted by molar-refractivity contribution is -0.115. The highest BCUT2D eigenvalue weighted by atomic mass is 35.5. The molecule has 2 heterocycles. The first-order valence-electron chi connectivity index (χ1n) is 7.27. The molecule has 1 N–H and O–H groups in total. The van der Waals surface area contributed by atoms with E-state index >= 15 is 0 Å². The molecule has 1 amide bonds. The molecule has 0 aliphatic heterocycles. The fraction of sp³-hybridized carbons (Fsp3) is 0.188. The van der Waals surface area contributed by atoms with Gasteiger partial charge in [-0.3, -0.25) is 4.79 Å². The molecule has 0 radical (unpaired) electrons. The summed E-state index contributed by atoms with van der Waals surface area (Å²) in [6.07, 6.45) is 0. The van der Waals surface area contributed by atoms with Crippen molar-refractivity contribution in [1.29, 1.82) is 0 Å². The van der Waals surface area contributed by atoms with Gasteiger partial charge in [0, 0.05) is 0 Å². The molecule has 0 saturated heterocycles. The lowest BCUT2D eigenvalue weighted by atomic mass is 10.3. The van der Waals surface area contributed by atoms with Crippen LogP contribution >= 0.6 is 46.3 Å². The van der Waals surface area contributed by atoms with Gasteiger partial charge >= 0.3 is 0 Å². The number of carbonyl (C=O) groups is 1. The second kappa shape index (κ2) is 8.23. The molecule has 0 aliphatic carbocycles. The Kier molecular flexibility index (Phi) is 6.01. The molecule has 3 rings (SSSR count). The summed E-state index contributed by atoms with van der Waals surface area (Å²) in [6.45, 7) is 1.79. The number of para-hydroxylation sites is 1. The molecule has 0 saturated carbocycles. The van der Waals surface area contributed by atoms with Gasteiger partial charge in [0.2, 0.25) is 17.6 Å². The number of carbonyl (C=O) groups excluding carboxylic acids is 1. The molecular weight excluding hydrogens is 401 g/mol. The number of hydrogen-bond acceptors (Lipinski definition) is 6. The van der Waals surface area contributed by atoms with Crippen molar-refractivity contribution >= 4 is 57.9 Å². The number of nitrogens with zero attached hydrogens (tertiary/aromatic N) is 2. The van der Waals surface area contributed by atoms with Crippen LogP contribution in [-0.4, -0.2) is 21.3 Å². The Morgan fingerprint density at radius 2 is 2.08 bits per heavy atom. The van der Waals surface area contributed by atoms with Crippen LogP contribution in [0.2, 0.25) is 10.0 Å². The van der Waals surface area contributed by atoms with Crippen LogP contribution < -0.4 is 5.32 Å². The van der Waals surface area contributed by atoms with Crippen LogP contribution in [0.3, 0.4) is 0 Å². The minimum atomic E-state index is -0.343. The quantitative estimate of drug-likeness (QED) is 0.588. The van der Waals surface area contributed by atoms with Gasteiger partial charge in [-0.05, 0) is 30.5 Å². The first-order chi connectivity index (χ1) is 12.0. The van der Waals surface area contributed by atoms with Crippen molar-refractivity contribution in [2.75, 3.05) is 5.32 Å². The van der Waals surface area contributed by atoms with Crippen molar-refractivity contribution in [3.63, 3.8) is 0 Å². The summed E-state index contributed by atoms with van der Waals surface area (Å²) in [5.41, 5.74) is 0.418. The summed E-state index contributed by atoms with van der Waals surface area (Å²) in [6, 6.07) is 8.92. The number of hydrogen-bond donors (Lipinski definition) is 1. The van der Waals surface area contributed by atoms with Crippen LogP contribution in [-0.2, 0) is 10.5 Å². The normalized spacial score (nSPS) is 12.1. The van der Waals surface area contributed by atoms with Gasteiger partial charge in [-0.25, -0.2) is 0 Å². The Bertz CT molecular complexity index is 848. The highest BCUT2D eigenvalue weighted by molar-refractivity contribution is 7.99. The Balaban J connectivity index is 1.57. The largest absolute Gasteiger partial charge is 0.338 e. The maximum atomic E-state index is 12.3. The van der Waals surface area contributed by atoms with E-state index in [1.54, 1.807) is 36.5 Å². The van der Waals surface area contributed by atoms with Crippen molar-refractivity contribution in [3.05, 3.63) is 51.6 Å². The van der Waals surface area contributed by atoms with Crippen molar-refractivity contribution in [1.82, 2.24) is 10.1 Å². The Labute approximate surface area is 162 Å². The summed E-state index contributed by atoms with van der Waals surface area (Å²) in [5, 5.41) is 9.11. The second-order valence-electron chi connectivity index (χ2n) is 5.03.